The first-order valence-electron chi connectivity index (χ1n) is 10.7. The Hall–Kier alpha value is -3.88. The summed E-state index contributed by atoms with van der Waals surface area (Å²) < 4.78 is 5.05. The molecular weight excluding hydrogens is 508 g/mol. The molecule has 4 aromatic rings. The minimum atomic E-state index is -0.473. The predicted molar refractivity (Wildman–Crippen MR) is 140 cm³/mol. The van der Waals surface area contributed by atoms with E-state index in [-0.39, 0.29) is 0 Å². The van der Waals surface area contributed by atoms with Gasteiger partial charge in [0.2, 0.25) is 0 Å². The van der Waals surface area contributed by atoms with Crippen LogP contribution in [0.4, 0.5) is 0 Å². The smallest absolute Gasteiger partial charge is 0.250 e. The number of primary amides is 2. The first kappa shape index (κ1) is 25.7. The van der Waals surface area contributed by atoms with E-state index in [9.17, 15) is 9.59 Å². The van der Waals surface area contributed by atoms with Gasteiger partial charge in [0.1, 0.15) is 0 Å². The molecule has 2 amide bonds. The van der Waals surface area contributed by atoms with Gasteiger partial charge < -0.3 is 16.2 Å². The molecule has 0 radical (unpaired) electrons. The lowest BCUT2D eigenvalue weighted by Crippen LogP contribution is -2.13. The summed E-state index contributed by atoms with van der Waals surface area (Å²) in [6, 6.07) is 22.3. The molecule has 0 aliphatic rings. The van der Waals surface area contributed by atoms with Gasteiger partial charge in [0.25, 0.3) is 11.8 Å². The lowest BCUT2D eigenvalue weighted by Gasteiger charge is -2.06. The molecular formula is C27H25BrN4O3. The van der Waals surface area contributed by atoms with Crippen molar-refractivity contribution >= 4 is 27.7 Å². The molecule has 4 N–H and O–H groups in total. The summed E-state index contributed by atoms with van der Waals surface area (Å²) in [4.78, 5) is 31.0. The van der Waals surface area contributed by atoms with E-state index in [2.05, 4.69) is 25.9 Å². The fraction of sp³-hybridized carbons (Fsp3) is 0.111. The Kier molecular flexibility index (Phi) is 9.23. The van der Waals surface area contributed by atoms with Gasteiger partial charge in [-0.3, -0.25) is 19.6 Å². The van der Waals surface area contributed by atoms with E-state index < -0.39 is 11.8 Å². The van der Waals surface area contributed by atoms with Gasteiger partial charge >= 0.3 is 0 Å². The number of carbonyl (C=O) groups is 2. The first-order chi connectivity index (χ1) is 16.9. The van der Waals surface area contributed by atoms with Crippen LogP contribution in [0.3, 0.4) is 0 Å². The number of hydrogen-bond donors (Lipinski definition) is 2. The third kappa shape index (κ3) is 6.81. The molecule has 2 aromatic heterocycles. The van der Waals surface area contributed by atoms with Crippen molar-refractivity contribution in [3.05, 3.63) is 107 Å². The van der Waals surface area contributed by atoms with E-state index in [0.29, 0.717) is 29.1 Å². The number of aromatic nitrogens is 2. The van der Waals surface area contributed by atoms with Crippen LogP contribution in [0.15, 0.2) is 85.2 Å². The molecule has 0 unspecified atom stereocenters. The molecule has 0 saturated carbocycles. The van der Waals surface area contributed by atoms with Crippen molar-refractivity contribution < 1.29 is 14.3 Å². The summed E-state index contributed by atoms with van der Waals surface area (Å²) in [6.07, 6.45) is 3.30. The second-order valence-corrected chi connectivity index (χ2v) is 8.05. The van der Waals surface area contributed by atoms with Gasteiger partial charge in [-0.1, -0.05) is 64.5 Å². The number of nitrogens with two attached hydrogens (primary N) is 2. The number of nitrogens with zero attached hydrogens (tertiary/aromatic N) is 2. The second-order valence-electron chi connectivity index (χ2n) is 7.49. The van der Waals surface area contributed by atoms with Crippen molar-refractivity contribution in [3.8, 4) is 22.5 Å². The number of rotatable bonds is 7. The lowest BCUT2D eigenvalue weighted by atomic mass is 10.0. The molecule has 0 bridgehead atoms. The Morgan fingerprint density at radius 2 is 1.17 bits per heavy atom. The fourth-order valence-electron chi connectivity index (χ4n) is 3.35. The standard InChI is InChI=1S/C14H14N2O2.C13H11BrN2O/c1-18-9-10-4-6-11(7-5-10)13-12(14(15)17)3-2-8-16-13;14-8-9-3-5-10(6-4-9)12-11(13(15)17)2-1-7-16-12/h2-8H,9H2,1H3,(H2,15,17);1-7H,8H2,(H2,15,17). The monoisotopic (exact) mass is 532 g/mol. The van der Waals surface area contributed by atoms with E-state index in [1.807, 2.05) is 48.5 Å². The molecule has 0 aliphatic carbocycles. The Bertz CT molecular complexity index is 1290. The molecule has 0 spiro atoms. The summed E-state index contributed by atoms with van der Waals surface area (Å²) in [5, 5.41) is 0.804. The maximum atomic E-state index is 11.3. The van der Waals surface area contributed by atoms with E-state index in [1.54, 1.807) is 43.8 Å². The van der Waals surface area contributed by atoms with E-state index >= 15 is 0 Å². The highest BCUT2D eigenvalue weighted by Crippen LogP contribution is 2.22. The van der Waals surface area contributed by atoms with Crippen LogP contribution in [-0.2, 0) is 16.7 Å². The third-order valence-corrected chi connectivity index (χ3v) is 5.71. The summed E-state index contributed by atoms with van der Waals surface area (Å²) in [5.41, 5.74) is 16.8. The molecule has 4 rings (SSSR count). The van der Waals surface area contributed by atoms with Crippen LogP contribution in [0, 0.1) is 0 Å². The molecule has 35 heavy (non-hydrogen) atoms. The van der Waals surface area contributed by atoms with Crippen LogP contribution in [0.5, 0.6) is 0 Å². The van der Waals surface area contributed by atoms with Gasteiger partial charge in [-0.2, -0.15) is 0 Å². The van der Waals surface area contributed by atoms with Crippen molar-refractivity contribution in [2.45, 2.75) is 11.9 Å². The number of pyridine rings is 2. The molecule has 178 valence electrons. The van der Waals surface area contributed by atoms with Crippen molar-refractivity contribution in [2.75, 3.05) is 7.11 Å². The van der Waals surface area contributed by atoms with Crippen LogP contribution in [0.2, 0.25) is 0 Å². The molecule has 2 heterocycles. The number of alkyl halides is 1. The molecule has 0 saturated heterocycles. The Morgan fingerprint density at radius 1 is 0.743 bits per heavy atom. The van der Waals surface area contributed by atoms with Gasteiger partial charge in [0, 0.05) is 36.0 Å². The summed E-state index contributed by atoms with van der Waals surface area (Å²) >= 11 is 3.39. The third-order valence-electron chi connectivity index (χ3n) is 5.07. The summed E-state index contributed by atoms with van der Waals surface area (Å²) in [6.45, 7) is 0.561. The number of ether oxygens (including phenoxy) is 1. The Labute approximate surface area is 212 Å². The largest absolute Gasteiger partial charge is 0.380 e. The van der Waals surface area contributed by atoms with Gasteiger partial charge in [-0.15, -0.1) is 0 Å². The Balaban J connectivity index is 0.000000196. The van der Waals surface area contributed by atoms with Crippen LogP contribution >= 0.6 is 15.9 Å². The zero-order chi connectivity index (χ0) is 25.2. The maximum Gasteiger partial charge on any atom is 0.250 e. The highest BCUT2D eigenvalue weighted by atomic mass is 79.9. The van der Waals surface area contributed by atoms with Crippen molar-refractivity contribution in [2.24, 2.45) is 11.5 Å². The predicted octanol–water partition coefficient (Wildman–Crippen LogP) is 4.74. The number of hydrogen-bond acceptors (Lipinski definition) is 5. The lowest BCUT2D eigenvalue weighted by molar-refractivity contribution is 0.0992. The zero-order valence-electron chi connectivity index (χ0n) is 19.1. The maximum absolute atomic E-state index is 11.3. The van der Waals surface area contributed by atoms with Gasteiger partial charge in [-0.05, 0) is 35.4 Å². The number of methoxy groups -OCH3 is 1. The van der Waals surface area contributed by atoms with Crippen LogP contribution in [0.25, 0.3) is 22.5 Å². The van der Waals surface area contributed by atoms with Crippen LogP contribution in [-0.4, -0.2) is 28.9 Å². The van der Waals surface area contributed by atoms with Crippen molar-refractivity contribution in [1.29, 1.82) is 0 Å². The summed E-state index contributed by atoms with van der Waals surface area (Å²) in [7, 11) is 1.65. The van der Waals surface area contributed by atoms with Gasteiger partial charge in [0.15, 0.2) is 0 Å². The van der Waals surface area contributed by atoms with Crippen molar-refractivity contribution in [1.82, 2.24) is 9.97 Å². The number of benzene rings is 2. The van der Waals surface area contributed by atoms with Crippen LogP contribution < -0.4 is 11.5 Å². The minimum Gasteiger partial charge on any atom is -0.380 e. The average molecular weight is 533 g/mol. The van der Waals surface area contributed by atoms with Crippen LogP contribution in [0.1, 0.15) is 31.8 Å². The molecule has 8 heteroatoms. The average Bonchev–Trinajstić information content (AvgIpc) is 2.90. The molecule has 0 fully saturated rings. The minimum absolute atomic E-state index is 0.428. The second kappa shape index (κ2) is 12.5. The molecule has 7 nitrogen and oxygen atoms in total. The van der Waals surface area contributed by atoms with E-state index in [1.165, 1.54) is 5.56 Å². The van der Waals surface area contributed by atoms with E-state index in [0.717, 1.165) is 22.0 Å². The molecule has 0 atom stereocenters. The zero-order valence-corrected chi connectivity index (χ0v) is 20.7. The van der Waals surface area contributed by atoms with E-state index in [4.69, 9.17) is 16.2 Å². The topological polar surface area (TPSA) is 121 Å². The normalized spacial score (nSPS) is 10.2. The quantitative estimate of drug-likeness (QED) is 0.333. The summed E-state index contributed by atoms with van der Waals surface area (Å²) in [5.74, 6) is -0.934. The van der Waals surface area contributed by atoms with Gasteiger partial charge in [0.05, 0.1) is 29.1 Å². The number of amides is 2. The Morgan fingerprint density at radius 3 is 1.54 bits per heavy atom. The van der Waals surface area contributed by atoms with Gasteiger partial charge in [-0.25, -0.2) is 0 Å². The molecule has 0 aliphatic heterocycles. The first-order valence-corrected chi connectivity index (χ1v) is 11.8. The number of carbonyl (C=O) groups excluding carboxylic acids is 2. The SMILES string of the molecule is COCc1ccc(-c2ncccc2C(N)=O)cc1.NC(=O)c1cccnc1-c1ccc(CBr)cc1. The number of halogens is 1. The highest BCUT2D eigenvalue weighted by molar-refractivity contribution is 9.08. The molecule has 2 aromatic carbocycles. The highest BCUT2D eigenvalue weighted by Gasteiger charge is 2.11. The van der Waals surface area contributed by atoms with Crippen molar-refractivity contribution in [3.63, 3.8) is 0 Å². The fourth-order valence-corrected chi connectivity index (χ4v) is 3.72.